The number of hydrogen-bond acceptors (Lipinski definition) is 6. The summed E-state index contributed by atoms with van der Waals surface area (Å²) >= 11 is 0. The predicted molar refractivity (Wildman–Crippen MR) is 123 cm³/mol. The molecule has 1 saturated heterocycles. The third-order valence-corrected chi connectivity index (χ3v) is 6.13. The van der Waals surface area contributed by atoms with Gasteiger partial charge in [-0.1, -0.05) is 12.1 Å². The van der Waals surface area contributed by atoms with E-state index in [0.717, 1.165) is 60.7 Å². The molecule has 4 heterocycles. The lowest BCUT2D eigenvalue weighted by atomic mass is 10.0. The number of fused-ring (bicyclic) bond motifs is 1. The van der Waals surface area contributed by atoms with Crippen molar-refractivity contribution in [3.8, 4) is 22.4 Å². The molecular formula is C24H26N6O. The van der Waals surface area contributed by atoms with Crippen molar-refractivity contribution in [1.29, 1.82) is 0 Å². The van der Waals surface area contributed by atoms with Crippen LogP contribution in [-0.2, 0) is 6.42 Å². The largest absolute Gasteiger partial charge is 0.383 e. The number of carbonyl (C=O) groups excluding carboxylic acids is 1. The van der Waals surface area contributed by atoms with Crippen LogP contribution in [0.25, 0.3) is 22.4 Å². The fourth-order valence-electron chi connectivity index (χ4n) is 4.21. The van der Waals surface area contributed by atoms with Crippen molar-refractivity contribution in [3.63, 3.8) is 0 Å². The molecule has 1 aromatic carbocycles. The van der Waals surface area contributed by atoms with Gasteiger partial charge in [0, 0.05) is 62.2 Å². The van der Waals surface area contributed by atoms with Gasteiger partial charge in [-0.3, -0.25) is 9.78 Å². The Balaban J connectivity index is 1.43. The second-order valence-electron chi connectivity index (χ2n) is 8.19. The summed E-state index contributed by atoms with van der Waals surface area (Å²) in [6, 6.07) is 14.3. The highest BCUT2D eigenvalue weighted by molar-refractivity contribution is 5.96. The van der Waals surface area contributed by atoms with E-state index in [1.807, 2.05) is 18.2 Å². The number of nitrogens with one attached hydrogen (secondary N) is 1. The number of aromatic nitrogens is 2. The molecule has 0 saturated carbocycles. The molecule has 31 heavy (non-hydrogen) atoms. The van der Waals surface area contributed by atoms with Crippen molar-refractivity contribution in [2.75, 3.05) is 50.4 Å². The van der Waals surface area contributed by atoms with Gasteiger partial charge in [-0.05, 0) is 42.9 Å². The lowest BCUT2D eigenvalue weighted by Crippen LogP contribution is -2.44. The molecule has 0 atom stereocenters. The fourth-order valence-corrected chi connectivity index (χ4v) is 4.21. The van der Waals surface area contributed by atoms with Crippen LogP contribution in [0.2, 0.25) is 0 Å². The number of nitrogen functional groups attached to an aromatic ring is 1. The maximum absolute atomic E-state index is 12.0. The van der Waals surface area contributed by atoms with E-state index in [2.05, 4.69) is 51.4 Å². The molecule has 2 aliphatic heterocycles. The molecule has 7 heteroatoms. The molecule has 2 aliphatic rings. The van der Waals surface area contributed by atoms with Crippen LogP contribution in [0.3, 0.4) is 0 Å². The number of anilines is 2. The summed E-state index contributed by atoms with van der Waals surface area (Å²) in [5.74, 6) is 0.367. The number of rotatable bonds is 3. The third-order valence-electron chi connectivity index (χ3n) is 6.13. The van der Waals surface area contributed by atoms with Crippen molar-refractivity contribution in [1.82, 2.24) is 20.2 Å². The summed E-state index contributed by atoms with van der Waals surface area (Å²) < 4.78 is 0. The van der Waals surface area contributed by atoms with Crippen LogP contribution in [0, 0.1) is 0 Å². The van der Waals surface area contributed by atoms with Crippen LogP contribution >= 0.6 is 0 Å². The smallest absolute Gasteiger partial charge is 0.253 e. The van der Waals surface area contributed by atoms with Gasteiger partial charge < -0.3 is 20.9 Å². The summed E-state index contributed by atoms with van der Waals surface area (Å²) in [6.07, 6.45) is 2.52. The average Bonchev–Trinajstić information content (AvgIpc) is 2.80. The Morgan fingerprint density at radius 2 is 1.74 bits per heavy atom. The van der Waals surface area contributed by atoms with E-state index in [9.17, 15) is 4.79 Å². The molecule has 158 valence electrons. The van der Waals surface area contributed by atoms with Gasteiger partial charge in [-0.25, -0.2) is 4.98 Å². The van der Waals surface area contributed by atoms with Gasteiger partial charge in [0.15, 0.2) is 0 Å². The lowest BCUT2D eigenvalue weighted by Gasteiger charge is -2.34. The molecule has 1 amide bonds. The van der Waals surface area contributed by atoms with Crippen molar-refractivity contribution >= 4 is 17.4 Å². The standard InChI is InChI=1S/C24H26N6O/c1-29-10-12-30(13-11-29)18-4-2-16(3-5-18)17-14-20(23(25)27-15-17)21-7-6-19-22(28-21)8-9-26-24(19)31/h2-7,14-15H,8-13H2,1H3,(H2,25,27)(H,26,31). The minimum atomic E-state index is -0.0689. The Bertz CT molecular complexity index is 1120. The Labute approximate surface area is 181 Å². The van der Waals surface area contributed by atoms with E-state index in [-0.39, 0.29) is 5.91 Å². The molecule has 0 aliphatic carbocycles. The minimum Gasteiger partial charge on any atom is -0.383 e. The zero-order valence-electron chi connectivity index (χ0n) is 17.6. The monoisotopic (exact) mass is 414 g/mol. The fraction of sp³-hybridized carbons (Fsp3) is 0.292. The van der Waals surface area contributed by atoms with Crippen LogP contribution in [0.4, 0.5) is 11.5 Å². The zero-order valence-corrected chi connectivity index (χ0v) is 17.6. The van der Waals surface area contributed by atoms with E-state index in [1.54, 1.807) is 6.20 Å². The lowest BCUT2D eigenvalue weighted by molar-refractivity contribution is 0.0945. The number of amides is 1. The quantitative estimate of drug-likeness (QED) is 0.685. The first-order chi connectivity index (χ1) is 15.1. The topological polar surface area (TPSA) is 87.4 Å². The third kappa shape index (κ3) is 3.84. The van der Waals surface area contributed by atoms with Gasteiger partial charge in [-0.2, -0.15) is 0 Å². The number of nitrogens with zero attached hydrogens (tertiary/aromatic N) is 4. The van der Waals surface area contributed by atoms with Crippen LogP contribution < -0.4 is 16.0 Å². The van der Waals surface area contributed by atoms with Gasteiger partial charge in [0.25, 0.3) is 5.91 Å². The van der Waals surface area contributed by atoms with Crippen LogP contribution in [0.5, 0.6) is 0 Å². The number of benzene rings is 1. The second-order valence-corrected chi connectivity index (χ2v) is 8.19. The first kappa shape index (κ1) is 19.5. The molecule has 0 spiro atoms. The Morgan fingerprint density at radius 1 is 0.968 bits per heavy atom. The maximum Gasteiger partial charge on any atom is 0.253 e. The molecule has 3 aromatic rings. The zero-order chi connectivity index (χ0) is 21.4. The Hall–Kier alpha value is -3.45. The molecule has 2 aromatic heterocycles. The molecule has 0 radical (unpaired) electrons. The van der Waals surface area contributed by atoms with Crippen LogP contribution in [-0.4, -0.2) is 60.5 Å². The van der Waals surface area contributed by atoms with E-state index in [0.29, 0.717) is 17.9 Å². The van der Waals surface area contributed by atoms with Gasteiger partial charge in [0.05, 0.1) is 17.0 Å². The van der Waals surface area contributed by atoms with E-state index >= 15 is 0 Å². The van der Waals surface area contributed by atoms with Gasteiger partial charge in [0.1, 0.15) is 5.82 Å². The number of likely N-dealkylation sites (N-methyl/N-ethyl adjacent to an activating group) is 1. The highest BCUT2D eigenvalue weighted by atomic mass is 16.1. The van der Waals surface area contributed by atoms with Crippen molar-refractivity contribution in [2.45, 2.75) is 6.42 Å². The Morgan fingerprint density at radius 3 is 2.52 bits per heavy atom. The highest BCUT2D eigenvalue weighted by Crippen LogP contribution is 2.30. The first-order valence-electron chi connectivity index (χ1n) is 10.7. The van der Waals surface area contributed by atoms with E-state index in [4.69, 9.17) is 10.7 Å². The number of pyridine rings is 2. The molecule has 3 N–H and O–H groups in total. The van der Waals surface area contributed by atoms with Crippen molar-refractivity contribution in [3.05, 3.63) is 59.9 Å². The van der Waals surface area contributed by atoms with Gasteiger partial charge in [-0.15, -0.1) is 0 Å². The molecule has 0 unspecified atom stereocenters. The summed E-state index contributed by atoms with van der Waals surface area (Å²) in [4.78, 5) is 25.9. The number of nitrogens with two attached hydrogens (primary N) is 1. The van der Waals surface area contributed by atoms with Crippen LogP contribution in [0.1, 0.15) is 16.1 Å². The SMILES string of the molecule is CN1CCN(c2ccc(-c3cnc(N)c(-c4ccc5c(n4)CCNC5=O)c3)cc2)CC1. The van der Waals surface area contributed by atoms with Crippen molar-refractivity contribution < 1.29 is 4.79 Å². The number of carbonyl (C=O) groups is 1. The number of hydrogen-bond donors (Lipinski definition) is 2. The minimum absolute atomic E-state index is 0.0689. The normalized spacial score (nSPS) is 16.7. The molecule has 5 rings (SSSR count). The summed E-state index contributed by atoms with van der Waals surface area (Å²) in [5, 5.41) is 2.85. The van der Waals surface area contributed by atoms with E-state index in [1.165, 1.54) is 5.69 Å². The second kappa shape index (κ2) is 8.00. The van der Waals surface area contributed by atoms with Gasteiger partial charge in [0.2, 0.25) is 0 Å². The van der Waals surface area contributed by atoms with Crippen LogP contribution in [0.15, 0.2) is 48.7 Å². The Kier molecular flexibility index (Phi) is 5.03. The summed E-state index contributed by atoms with van der Waals surface area (Å²) in [5.41, 5.74) is 12.5. The first-order valence-corrected chi connectivity index (χ1v) is 10.7. The summed E-state index contributed by atoms with van der Waals surface area (Å²) in [6.45, 7) is 4.87. The summed E-state index contributed by atoms with van der Waals surface area (Å²) in [7, 11) is 2.16. The average molecular weight is 415 g/mol. The van der Waals surface area contributed by atoms with E-state index < -0.39 is 0 Å². The number of piperazine rings is 1. The maximum atomic E-state index is 12.0. The molecular weight excluding hydrogens is 388 g/mol. The predicted octanol–water partition coefficient (Wildman–Crippen LogP) is 2.43. The highest BCUT2D eigenvalue weighted by Gasteiger charge is 2.19. The van der Waals surface area contributed by atoms with Crippen molar-refractivity contribution in [2.24, 2.45) is 0 Å². The molecule has 1 fully saturated rings. The molecule has 0 bridgehead atoms. The molecule has 7 nitrogen and oxygen atoms in total. The van der Waals surface area contributed by atoms with Gasteiger partial charge >= 0.3 is 0 Å².